The lowest BCUT2D eigenvalue weighted by molar-refractivity contribution is -0.139. The van der Waals surface area contributed by atoms with Gasteiger partial charge in [-0.25, -0.2) is 9.59 Å². The molecule has 0 heterocycles. The Bertz CT molecular complexity index is 319. The molecule has 0 bridgehead atoms. The summed E-state index contributed by atoms with van der Waals surface area (Å²) in [5.41, 5.74) is 0. The number of carbonyl (C=O) groups excluding carboxylic acids is 1. The Labute approximate surface area is 128 Å². The molecule has 0 fully saturated rings. The van der Waals surface area contributed by atoms with Gasteiger partial charge < -0.3 is 20.6 Å². The van der Waals surface area contributed by atoms with Crippen LogP contribution in [0, 0.1) is 5.92 Å². The summed E-state index contributed by atoms with van der Waals surface area (Å²) in [5, 5.41) is 14.3. The molecule has 0 aromatic heterocycles. The first-order chi connectivity index (χ1) is 9.73. The molecule has 6 nitrogen and oxygen atoms in total. The fourth-order valence-electron chi connectivity index (χ4n) is 1.85. The molecular weight excluding hydrogens is 270 g/mol. The van der Waals surface area contributed by atoms with Gasteiger partial charge in [0.2, 0.25) is 0 Å². The van der Waals surface area contributed by atoms with Crippen molar-refractivity contribution < 1.29 is 14.7 Å². The van der Waals surface area contributed by atoms with Gasteiger partial charge in [0.05, 0.1) is 0 Å². The van der Waals surface area contributed by atoms with Crippen LogP contribution in [0.1, 0.15) is 47.0 Å². The van der Waals surface area contributed by atoms with Crippen LogP contribution in [0.2, 0.25) is 0 Å². The summed E-state index contributed by atoms with van der Waals surface area (Å²) in [7, 11) is 2.08. The Balaban J connectivity index is 3.85. The Kier molecular flexibility index (Phi) is 9.78. The average Bonchev–Trinajstić information content (AvgIpc) is 2.36. The van der Waals surface area contributed by atoms with Crippen LogP contribution in [0.3, 0.4) is 0 Å². The normalized spacial score (nSPS) is 12.8. The van der Waals surface area contributed by atoms with Gasteiger partial charge in [-0.15, -0.1) is 0 Å². The number of amides is 2. The van der Waals surface area contributed by atoms with E-state index in [0.717, 1.165) is 19.4 Å². The molecule has 0 aliphatic carbocycles. The molecule has 0 saturated heterocycles. The second-order valence-electron chi connectivity index (χ2n) is 6.20. The Morgan fingerprint density at radius 1 is 1.14 bits per heavy atom. The van der Waals surface area contributed by atoms with Gasteiger partial charge in [-0.05, 0) is 52.6 Å². The third kappa shape index (κ3) is 10.1. The van der Waals surface area contributed by atoms with Crippen LogP contribution in [0.5, 0.6) is 0 Å². The molecule has 6 heteroatoms. The quantitative estimate of drug-likeness (QED) is 0.538. The summed E-state index contributed by atoms with van der Waals surface area (Å²) in [6, 6.07) is -0.703. The minimum atomic E-state index is -0.989. The van der Waals surface area contributed by atoms with E-state index in [-0.39, 0.29) is 5.92 Å². The summed E-state index contributed by atoms with van der Waals surface area (Å²) in [4.78, 5) is 24.9. The van der Waals surface area contributed by atoms with Crippen LogP contribution < -0.4 is 10.6 Å². The minimum Gasteiger partial charge on any atom is -0.480 e. The fourth-order valence-corrected chi connectivity index (χ4v) is 1.85. The van der Waals surface area contributed by atoms with Crippen molar-refractivity contribution in [3.63, 3.8) is 0 Å². The van der Waals surface area contributed by atoms with E-state index >= 15 is 0 Å². The number of carboxylic acid groups (broad SMARTS) is 1. The van der Waals surface area contributed by atoms with Gasteiger partial charge in [0.15, 0.2) is 0 Å². The number of hydrogen-bond acceptors (Lipinski definition) is 3. The van der Waals surface area contributed by atoms with Crippen molar-refractivity contribution in [1.82, 2.24) is 15.5 Å². The van der Waals surface area contributed by atoms with Gasteiger partial charge >= 0.3 is 12.0 Å². The van der Waals surface area contributed by atoms with Gasteiger partial charge in [0, 0.05) is 12.6 Å². The molecule has 0 aliphatic rings. The van der Waals surface area contributed by atoms with Gasteiger partial charge in [-0.1, -0.05) is 13.8 Å². The summed E-state index contributed by atoms with van der Waals surface area (Å²) in [6.45, 7) is 9.71. The number of carboxylic acids is 1. The Morgan fingerprint density at radius 2 is 1.76 bits per heavy atom. The van der Waals surface area contributed by atoms with Gasteiger partial charge in [0.25, 0.3) is 0 Å². The Morgan fingerprint density at radius 3 is 2.24 bits per heavy atom. The summed E-state index contributed by atoms with van der Waals surface area (Å²) in [5.74, 6) is -0.768. The molecule has 0 saturated carbocycles. The smallest absolute Gasteiger partial charge is 0.326 e. The first-order valence-corrected chi connectivity index (χ1v) is 7.71. The number of nitrogens with zero attached hydrogens (tertiary/aromatic N) is 1. The van der Waals surface area contributed by atoms with Crippen molar-refractivity contribution in [2.45, 2.75) is 59.0 Å². The van der Waals surface area contributed by atoms with Gasteiger partial charge in [-0.2, -0.15) is 0 Å². The van der Waals surface area contributed by atoms with Crippen LogP contribution in [-0.2, 0) is 4.79 Å². The lowest BCUT2D eigenvalue weighted by atomic mass is 10.0. The maximum Gasteiger partial charge on any atom is 0.326 e. The molecule has 0 radical (unpaired) electrons. The first kappa shape index (κ1) is 19.7. The van der Waals surface area contributed by atoms with E-state index in [9.17, 15) is 9.59 Å². The lowest BCUT2D eigenvalue weighted by Gasteiger charge is -2.20. The molecular formula is C15H31N3O3. The molecule has 2 amide bonds. The highest BCUT2D eigenvalue weighted by molar-refractivity contribution is 5.82. The number of urea groups is 1. The van der Waals surface area contributed by atoms with Crippen LogP contribution >= 0.6 is 0 Å². The van der Waals surface area contributed by atoms with E-state index in [1.54, 1.807) is 0 Å². The highest BCUT2D eigenvalue weighted by Crippen LogP contribution is 2.04. The summed E-state index contributed by atoms with van der Waals surface area (Å²) in [6.07, 6.45) is 2.32. The van der Waals surface area contributed by atoms with Crippen LogP contribution in [0.15, 0.2) is 0 Å². The number of hydrogen-bond donors (Lipinski definition) is 3. The monoisotopic (exact) mass is 301 g/mol. The zero-order valence-electron chi connectivity index (χ0n) is 14.0. The van der Waals surface area contributed by atoms with E-state index in [2.05, 4.69) is 36.4 Å². The highest BCUT2D eigenvalue weighted by atomic mass is 16.4. The highest BCUT2D eigenvalue weighted by Gasteiger charge is 2.20. The van der Waals surface area contributed by atoms with Crippen LogP contribution in [0.25, 0.3) is 0 Å². The van der Waals surface area contributed by atoms with Gasteiger partial charge in [0.1, 0.15) is 6.04 Å². The third-order valence-electron chi connectivity index (χ3n) is 3.42. The molecule has 124 valence electrons. The standard InChI is InChI=1S/C15H31N3O3/c1-11(2)10-13(14(19)20)17-15(21)16-8-6-7-9-18(5)12(3)4/h11-13H,6-10H2,1-5H3,(H,19,20)(H2,16,17,21)/t13-/m0/s1. The molecule has 1 atom stereocenters. The zero-order chi connectivity index (χ0) is 16.4. The van der Waals surface area contributed by atoms with Crippen LogP contribution in [0.4, 0.5) is 4.79 Å². The third-order valence-corrected chi connectivity index (χ3v) is 3.42. The maximum absolute atomic E-state index is 11.6. The molecule has 0 rings (SSSR count). The number of nitrogens with one attached hydrogen (secondary N) is 2. The van der Waals surface area contributed by atoms with Crippen molar-refractivity contribution in [2.24, 2.45) is 5.92 Å². The average molecular weight is 301 g/mol. The lowest BCUT2D eigenvalue weighted by Crippen LogP contribution is -2.46. The molecule has 21 heavy (non-hydrogen) atoms. The molecule has 0 spiro atoms. The molecule has 0 unspecified atom stereocenters. The second kappa shape index (κ2) is 10.4. The topological polar surface area (TPSA) is 81.7 Å². The predicted molar refractivity (Wildman–Crippen MR) is 84.4 cm³/mol. The van der Waals surface area contributed by atoms with Crippen LogP contribution in [-0.4, -0.2) is 54.2 Å². The molecule has 3 N–H and O–H groups in total. The SMILES string of the molecule is CC(C)C[C@H](NC(=O)NCCCCN(C)C(C)C)C(=O)O. The second-order valence-corrected chi connectivity index (χ2v) is 6.20. The van der Waals surface area contributed by atoms with Crippen molar-refractivity contribution in [3.8, 4) is 0 Å². The zero-order valence-corrected chi connectivity index (χ0v) is 14.0. The van der Waals surface area contributed by atoms with E-state index in [4.69, 9.17) is 5.11 Å². The Hall–Kier alpha value is -1.30. The molecule has 0 aromatic carbocycles. The van der Waals surface area contributed by atoms with Gasteiger partial charge in [-0.3, -0.25) is 0 Å². The van der Waals surface area contributed by atoms with E-state index in [1.807, 2.05) is 13.8 Å². The van der Waals surface area contributed by atoms with E-state index in [0.29, 0.717) is 19.0 Å². The van der Waals surface area contributed by atoms with Crippen molar-refractivity contribution in [3.05, 3.63) is 0 Å². The predicted octanol–water partition coefficient (Wildman–Crippen LogP) is 1.91. The maximum atomic E-state index is 11.6. The first-order valence-electron chi connectivity index (χ1n) is 7.71. The molecule has 0 aliphatic heterocycles. The number of aliphatic carboxylic acids is 1. The summed E-state index contributed by atoms with van der Waals surface area (Å²) >= 11 is 0. The number of carbonyl (C=O) groups is 2. The summed E-state index contributed by atoms with van der Waals surface area (Å²) < 4.78 is 0. The number of rotatable bonds is 10. The van der Waals surface area contributed by atoms with E-state index < -0.39 is 18.0 Å². The fraction of sp³-hybridized carbons (Fsp3) is 0.867. The van der Waals surface area contributed by atoms with E-state index in [1.165, 1.54) is 0 Å². The van der Waals surface area contributed by atoms with Crippen molar-refractivity contribution >= 4 is 12.0 Å². The van der Waals surface area contributed by atoms with Crippen molar-refractivity contribution in [2.75, 3.05) is 20.1 Å². The number of unbranched alkanes of at least 4 members (excludes halogenated alkanes) is 1. The molecule has 0 aromatic rings. The van der Waals surface area contributed by atoms with Crippen molar-refractivity contribution in [1.29, 1.82) is 0 Å². The minimum absolute atomic E-state index is 0.220. The largest absolute Gasteiger partial charge is 0.480 e.